The van der Waals surface area contributed by atoms with Gasteiger partial charge >= 0.3 is 5.97 Å². The first-order chi connectivity index (χ1) is 6.65. The molecule has 76 valence electrons. The summed E-state index contributed by atoms with van der Waals surface area (Å²) in [6.07, 6.45) is 2.91. The van der Waals surface area contributed by atoms with Crippen molar-refractivity contribution in [3.05, 3.63) is 18.2 Å². The van der Waals surface area contributed by atoms with E-state index in [0.29, 0.717) is 0 Å². The summed E-state index contributed by atoms with van der Waals surface area (Å²) in [4.78, 5) is 25.6. The highest BCUT2D eigenvalue weighted by atomic mass is 16.5. The van der Waals surface area contributed by atoms with E-state index in [2.05, 4.69) is 4.98 Å². The molecule has 1 aromatic rings. The molecule has 0 spiro atoms. The minimum Gasteiger partial charge on any atom is -0.460 e. The standard InChI is InChI=1S/C8H11N3O3/c1-2-14-8(13)7-10-3-4-11(7)5-6(9)12/h3-4H,2,5H2,1H3,(H2,9,12). The van der Waals surface area contributed by atoms with E-state index in [1.54, 1.807) is 6.92 Å². The zero-order valence-corrected chi connectivity index (χ0v) is 7.77. The Morgan fingerprint density at radius 1 is 1.64 bits per heavy atom. The third kappa shape index (κ3) is 2.32. The van der Waals surface area contributed by atoms with Crippen LogP contribution in [0.5, 0.6) is 0 Å². The van der Waals surface area contributed by atoms with Gasteiger partial charge in [-0.15, -0.1) is 0 Å². The topological polar surface area (TPSA) is 87.2 Å². The Labute approximate surface area is 80.7 Å². The van der Waals surface area contributed by atoms with Crippen LogP contribution in [0.25, 0.3) is 0 Å². The van der Waals surface area contributed by atoms with Gasteiger partial charge in [0, 0.05) is 12.4 Å². The lowest BCUT2D eigenvalue weighted by Gasteiger charge is -2.03. The van der Waals surface area contributed by atoms with Crippen LogP contribution in [0.15, 0.2) is 12.4 Å². The molecule has 0 aromatic carbocycles. The van der Waals surface area contributed by atoms with Gasteiger partial charge in [-0.05, 0) is 6.92 Å². The molecular formula is C8H11N3O3. The fourth-order valence-corrected chi connectivity index (χ4v) is 0.990. The number of amides is 1. The Morgan fingerprint density at radius 2 is 2.36 bits per heavy atom. The highest BCUT2D eigenvalue weighted by Gasteiger charge is 2.14. The minimum absolute atomic E-state index is 0.0753. The number of imidazole rings is 1. The Bertz CT molecular complexity index is 345. The van der Waals surface area contributed by atoms with Crippen LogP contribution < -0.4 is 5.73 Å². The van der Waals surface area contributed by atoms with Gasteiger partial charge in [0.1, 0.15) is 6.54 Å². The molecule has 1 heterocycles. The second-order valence-electron chi connectivity index (χ2n) is 2.57. The number of carbonyl (C=O) groups is 2. The van der Waals surface area contributed by atoms with Crippen molar-refractivity contribution >= 4 is 11.9 Å². The highest BCUT2D eigenvalue weighted by molar-refractivity contribution is 5.86. The first-order valence-corrected chi connectivity index (χ1v) is 4.11. The third-order valence-corrected chi connectivity index (χ3v) is 1.50. The Morgan fingerprint density at radius 3 is 2.93 bits per heavy atom. The van der Waals surface area contributed by atoms with E-state index in [9.17, 15) is 9.59 Å². The van der Waals surface area contributed by atoms with E-state index in [1.165, 1.54) is 17.0 Å². The van der Waals surface area contributed by atoms with E-state index < -0.39 is 11.9 Å². The molecule has 2 N–H and O–H groups in total. The molecule has 0 fully saturated rings. The van der Waals surface area contributed by atoms with Crippen molar-refractivity contribution in [2.75, 3.05) is 6.61 Å². The van der Waals surface area contributed by atoms with E-state index in [0.717, 1.165) is 0 Å². The summed E-state index contributed by atoms with van der Waals surface area (Å²) >= 11 is 0. The van der Waals surface area contributed by atoms with Crippen LogP contribution in [0.3, 0.4) is 0 Å². The van der Waals surface area contributed by atoms with Crippen LogP contribution in [0.1, 0.15) is 17.5 Å². The normalized spacial score (nSPS) is 9.79. The lowest BCUT2D eigenvalue weighted by Crippen LogP contribution is -2.22. The summed E-state index contributed by atoms with van der Waals surface area (Å²) in [7, 11) is 0. The Hall–Kier alpha value is -1.85. The van der Waals surface area contributed by atoms with Crippen LogP contribution in [-0.2, 0) is 16.1 Å². The summed E-state index contributed by atoms with van der Waals surface area (Å²) in [6.45, 7) is 1.88. The first kappa shape index (κ1) is 10.2. The molecule has 6 heteroatoms. The molecule has 6 nitrogen and oxygen atoms in total. The number of aromatic nitrogens is 2. The number of nitrogens with zero attached hydrogens (tertiary/aromatic N) is 2. The highest BCUT2D eigenvalue weighted by Crippen LogP contribution is 1.99. The Kier molecular flexibility index (Phi) is 3.22. The summed E-state index contributed by atoms with van der Waals surface area (Å²) in [6, 6.07) is 0. The largest absolute Gasteiger partial charge is 0.460 e. The van der Waals surface area contributed by atoms with Crippen molar-refractivity contribution in [3.8, 4) is 0 Å². The van der Waals surface area contributed by atoms with Crippen LogP contribution in [0, 0.1) is 0 Å². The first-order valence-electron chi connectivity index (χ1n) is 4.11. The molecule has 1 aromatic heterocycles. The maximum atomic E-state index is 11.3. The monoisotopic (exact) mass is 197 g/mol. The molecule has 14 heavy (non-hydrogen) atoms. The zero-order chi connectivity index (χ0) is 10.6. The molecule has 0 aliphatic carbocycles. The fraction of sp³-hybridized carbons (Fsp3) is 0.375. The number of carbonyl (C=O) groups excluding carboxylic acids is 2. The number of hydrogen-bond donors (Lipinski definition) is 1. The van der Waals surface area contributed by atoms with Crippen LogP contribution in [0.4, 0.5) is 0 Å². The predicted molar refractivity (Wildman–Crippen MR) is 47.4 cm³/mol. The SMILES string of the molecule is CCOC(=O)c1nccn1CC(N)=O. The van der Waals surface area contributed by atoms with Crippen LogP contribution >= 0.6 is 0 Å². The Balaban J connectivity index is 2.81. The lowest BCUT2D eigenvalue weighted by molar-refractivity contribution is -0.118. The maximum Gasteiger partial charge on any atom is 0.374 e. The van der Waals surface area contributed by atoms with Crippen LogP contribution in [-0.4, -0.2) is 28.0 Å². The average Bonchev–Trinajstić information content (AvgIpc) is 2.51. The van der Waals surface area contributed by atoms with Gasteiger partial charge < -0.3 is 15.0 Å². The quantitative estimate of drug-likeness (QED) is 0.662. The summed E-state index contributed by atoms with van der Waals surface area (Å²) in [5.41, 5.74) is 4.99. The summed E-state index contributed by atoms with van der Waals surface area (Å²) in [5, 5.41) is 0. The number of nitrogens with two attached hydrogens (primary N) is 1. The van der Waals surface area contributed by atoms with E-state index >= 15 is 0 Å². The number of esters is 1. The average molecular weight is 197 g/mol. The molecule has 0 radical (unpaired) electrons. The fourth-order valence-electron chi connectivity index (χ4n) is 0.990. The number of ether oxygens (including phenoxy) is 1. The summed E-state index contributed by atoms with van der Waals surface area (Å²) in [5.74, 6) is -1.00. The van der Waals surface area contributed by atoms with Gasteiger partial charge in [-0.1, -0.05) is 0 Å². The molecular weight excluding hydrogens is 186 g/mol. The van der Waals surface area contributed by atoms with Crippen molar-refractivity contribution in [1.82, 2.24) is 9.55 Å². The van der Waals surface area contributed by atoms with Gasteiger partial charge in [0.2, 0.25) is 11.7 Å². The van der Waals surface area contributed by atoms with Crippen molar-refractivity contribution < 1.29 is 14.3 Å². The molecule has 0 atom stereocenters. The number of hydrogen-bond acceptors (Lipinski definition) is 4. The smallest absolute Gasteiger partial charge is 0.374 e. The van der Waals surface area contributed by atoms with Gasteiger partial charge in [0.05, 0.1) is 6.61 Å². The van der Waals surface area contributed by atoms with Gasteiger partial charge in [-0.2, -0.15) is 0 Å². The van der Waals surface area contributed by atoms with E-state index in [4.69, 9.17) is 10.5 Å². The van der Waals surface area contributed by atoms with E-state index in [1.807, 2.05) is 0 Å². The van der Waals surface area contributed by atoms with Gasteiger partial charge in [0.15, 0.2) is 0 Å². The molecule has 0 aliphatic rings. The van der Waals surface area contributed by atoms with Crippen LogP contribution in [0.2, 0.25) is 0 Å². The molecule has 0 unspecified atom stereocenters. The second-order valence-corrected chi connectivity index (χ2v) is 2.57. The van der Waals surface area contributed by atoms with Crippen molar-refractivity contribution in [3.63, 3.8) is 0 Å². The lowest BCUT2D eigenvalue weighted by atomic mass is 10.5. The van der Waals surface area contributed by atoms with Crippen molar-refractivity contribution in [2.45, 2.75) is 13.5 Å². The van der Waals surface area contributed by atoms with Crippen molar-refractivity contribution in [1.29, 1.82) is 0 Å². The minimum atomic E-state index is -0.557. The molecule has 0 saturated carbocycles. The van der Waals surface area contributed by atoms with Gasteiger partial charge in [-0.3, -0.25) is 4.79 Å². The number of rotatable bonds is 4. The molecule has 0 aliphatic heterocycles. The third-order valence-electron chi connectivity index (χ3n) is 1.50. The molecule has 0 saturated heterocycles. The van der Waals surface area contributed by atoms with Gasteiger partial charge in [-0.25, -0.2) is 9.78 Å². The molecule has 1 rings (SSSR count). The second kappa shape index (κ2) is 4.40. The zero-order valence-electron chi connectivity index (χ0n) is 7.77. The van der Waals surface area contributed by atoms with E-state index in [-0.39, 0.29) is 19.0 Å². The summed E-state index contributed by atoms with van der Waals surface area (Å²) < 4.78 is 6.08. The maximum absolute atomic E-state index is 11.3. The number of primary amides is 1. The van der Waals surface area contributed by atoms with Crippen molar-refractivity contribution in [2.24, 2.45) is 5.73 Å². The van der Waals surface area contributed by atoms with Gasteiger partial charge in [0.25, 0.3) is 0 Å². The predicted octanol–water partition coefficient (Wildman–Crippen LogP) is -0.455. The molecule has 0 bridgehead atoms. The molecule has 1 amide bonds.